The van der Waals surface area contributed by atoms with Crippen molar-refractivity contribution in [2.24, 2.45) is 5.92 Å². The molecule has 1 amide bonds. The van der Waals surface area contributed by atoms with Gasteiger partial charge in [-0.2, -0.15) is 0 Å². The molecular weight excluding hydrogens is 212 g/mol. The van der Waals surface area contributed by atoms with E-state index in [0.717, 1.165) is 12.5 Å². The Morgan fingerprint density at radius 1 is 1.24 bits per heavy atom. The van der Waals surface area contributed by atoms with Crippen LogP contribution in [0.1, 0.15) is 51.9 Å². The summed E-state index contributed by atoms with van der Waals surface area (Å²) in [6.07, 6.45) is 8.05. The first-order valence-corrected chi connectivity index (χ1v) is 7.16. The first-order chi connectivity index (χ1) is 8.16. The minimum absolute atomic E-state index is 0.337. The van der Waals surface area contributed by atoms with Crippen molar-refractivity contribution in [3.63, 3.8) is 0 Å². The van der Waals surface area contributed by atoms with Crippen molar-refractivity contribution in [3.8, 4) is 0 Å². The number of nitrogens with one attached hydrogen (secondary N) is 1. The highest BCUT2D eigenvalue weighted by molar-refractivity contribution is 5.76. The van der Waals surface area contributed by atoms with Crippen LogP contribution in [-0.4, -0.2) is 36.5 Å². The number of nitrogens with zero attached hydrogens (tertiary/aromatic N) is 1. The predicted molar refractivity (Wildman–Crippen MR) is 69.8 cm³/mol. The Hall–Kier alpha value is -0.570. The van der Waals surface area contributed by atoms with Crippen molar-refractivity contribution in [3.05, 3.63) is 0 Å². The number of carbonyl (C=O) groups excluding carboxylic acids is 1. The normalized spacial score (nSPS) is 33.6. The fraction of sp³-hybridized carbons (Fsp3) is 0.929. The van der Waals surface area contributed by atoms with E-state index >= 15 is 0 Å². The molecule has 2 fully saturated rings. The molecule has 1 saturated carbocycles. The van der Waals surface area contributed by atoms with Crippen molar-refractivity contribution < 1.29 is 4.79 Å². The summed E-state index contributed by atoms with van der Waals surface area (Å²) in [4.78, 5) is 14.2. The third kappa shape index (κ3) is 3.44. The van der Waals surface area contributed by atoms with Gasteiger partial charge in [0.25, 0.3) is 0 Å². The van der Waals surface area contributed by atoms with Gasteiger partial charge in [0.05, 0.1) is 0 Å². The fourth-order valence-corrected chi connectivity index (χ4v) is 3.12. The van der Waals surface area contributed by atoms with Crippen LogP contribution in [0.5, 0.6) is 0 Å². The minimum Gasteiger partial charge on any atom is -0.343 e. The summed E-state index contributed by atoms with van der Waals surface area (Å²) in [5.41, 5.74) is 0. The number of amides is 1. The Morgan fingerprint density at radius 3 is 2.53 bits per heavy atom. The predicted octanol–water partition coefficient (Wildman–Crippen LogP) is 2.17. The zero-order chi connectivity index (χ0) is 12.3. The van der Waals surface area contributed by atoms with Crippen LogP contribution in [0.25, 0.3) is 0 Å². The van der Waals surface area contributed by atoms with E-state index in [-0.39, 0.29) is 0 Å². The highest BCUT2D eigenvalue weighted by Gasteiger charge is 2.26. The number of rotatable bonds is 3. The van der Waals surface area contributed by atoms with Crippen LogP contribution in [0.2, 0.25) is 0 Å². The van der Waals surface area contributed by atoms with Crippen LogP contribution >= 0.6 is 0 Å². The first kappa shape index (κ1) is 12.9. The molecule has 1 aliphatic carbocycles. The second kappa shape index (κ2) is 5.85. The summed E-state index contributed by atoms with van der Waals surface area (Å²) in [5, 5.41) is 3.40. The highest BCUT2D eigenvalue weighted by Crippen LogP contribution is 2.27. The third-order valence-corrected chi connectivity index (χ3v) is 4.51. The Morgan fingerprint density at radius 2 is 1.94 bits per heavy atom. The molecule has 3 nitrogen and oxygen atoms in total. The molecule has 3 heteroatoms. The average Bonchev–Trinajstić information content (AvgIpc) is 2.82. The summed E-state index contributed by atoms with van der Waals surface area (Å²) in [6.45, 7) is 3.41. The third-order valence-electron chi connectivity index (χ3n) is 4.51. The molecule has 0 spiro atoms. The Balaban J connectivity index is 1.77. The van der Waals surface area contributed by atoms with Gasteiger partial charge in [-0.25, -0.2) is 0 Å². The Bertz CT molecular complexity index is 253. The lowest BCUT2D eigenvalue weighted by molar-refractivity contribution is -0.133. The van der Waals surface area contributed by atoms with E-state index in [2.05, 4.69) is 12.2 Å². The maximum absolute atomic E-state index is 12.2. The maximum Gasteiger partial charge on any atom is 0.224 e. The van der Waals surface area contributed by atoms with Gasteiger partial charge in [0.2, 0.25) is 5.91 Å². The molecule has 1 aliphatic heterocycles. The van der Waals surface area contributed by atoms with Gasteiger partial charge in [-0.05, 0) is 51.0 Å². The van der Waals surface area contributed by atoms with Gasteiger partial charge in [0.15, 0.2) is 0 Å². The molecule has 0 aromatic heterocycles. The van der Waals surface area contributed by atoms with E-state index in [1.54, 1.807) is 0 Å². The van der Waals surface area contributed by atoms with Gasteiger partial charge in [-0.3, -0.25) is 4.79 Å². The highest BCUT2D eigenvalue weighted by atomic mass is 16.2. The summed E-state index contributed by atoms with van der Waals surface area (Å²) in [5.74, 6) is 1.19. The number of hydrogen-bond acceptors (Lipinski definition) is 2. The van der Waals surface area contributed by atoms with E-state index in [9.17, 15) is 4.79 Å². The van der Waals surface area contributed by atoms with Crippen LogP contribution in [-0.2, 0) is 4.79 Å². The van der Waals surface area contributed by atoms with Gasteiger partial charge in [-0.15, -0.1) is 0 Å². The lowest BCUT2D eigenvalue weighted by Gasteiger charge is -2.34. The smallest absolute Gasteiger partial charge is 0.224 e. The molecule has 2 aliphatic rings. The number of carbonyl (C=O) groups is 1. The molecule has 0 bridgehead atoms. The van der Waals surface area contributed by atoms with Crippen LogP contribution in [0, 0.1) is 5.92 Å². The second-order valence-electron chi connectivity index (χ2n) is 5.92. The van der Waals surface area contributed by atoms with Crippen LogP contribution in [0.3, 0.4) is 0 Å². The Labute approximate surface area is 105 Å². The standard InChI is InChI=1S/C14H26N2O/c1-11-5-7-13(8-6-11)16(2)14(17)10-12-4-3-9-15-12/h11-13,15H,3-10H2,1-2H3. The van der Waals surface area contributed by atoms with Crippen molar-refractivity contribution >= 4 is 5.91 Å². The largest absolute Gasteiger partial charge is 0.343 e. The molecule has 0 aromatic rings. The first-order valence-electron chi connectivity index (χ1n) is 7.16. The molecule has 1 unspecified atom stereocenters. The Kier molecular flexibility index (Phi) is 4.43. The molecule has 1 saturated heterocycles. The van der Waals surface area contributed by atoms with Crippen LogP contribution in [0.15, 0.2) is 0 Å². The fourth-order valence-electron chi connectivity index (χ4n) is 3.12. The van der Waals surface area contributed by atoms with E-state index < -0.39 is 0 Å². The molecule has 98 valence electrons. The van der Waals surface area contributed by atoms with Gasteiger partial charge < -0.3 is 10.2 Å². The molecule has 0 radical (unpaired) electrons. The zero-order valence-corrected chi connectivity index (χ0v) is 11.2. The number of hydrogen-bond donors (Lipinski definition) is 1. The molecule has 2 rings (SSSR count). The topological polar surface area (TPSA) is 32.3 Å². The van der Waals surface area contributed by atoms with E-state index in [1.807, 2.05) is 11.9 Å². The molecule has 1 heterocycles. The van der Waals surface area contributed by atoms with Crippen LogP contribution in [0.4, 0.5) is 0 Å². The quantitative estimate of drug-likeness (QED) is 0.817. The lowest BCUT2D eigenvalue weighted by Crippen LogP contribution is -2.41. The van der Waals surface area contributed by atoms with Crippen molar-refractivity contribution in [2.45, 2.75) is 64.0 Å². The van der Waals surface area contributed by atoms with Crippen LogP contribution < -0.4 is 5.32 Å². The van der Waals surface area contributed by atoms with Crippen molar-refractivity contribution in [1.82, 2.24) is 10.2 Å². The summed E-state index contributed by atoms with van der Waals surface area (Å²) < 4.78 is 0. The SMILES string of the molecule is CC1CCC(N(C)C(=O)CC2CCCN2)CC1. The molecular formula is C14H26N2O. The molecule has 1 atom stereocenters. The van der Waals surface area contributed by atoms with Gasteiger partial charge in [-0.1, -0.05) is 6.92 Å². The maximum atomic E-state index is 12.2. The monoisotopic (exact) mass is 238 g/mol. The van der Waals surface area contributed by atoms with Gasteiger partial charge >= 0.3 is 0 Å². The minimum atomic E-state index is 0.337. The summed E-state index contributed by atoms with van der Waals surface area (Å²) in [6, 6.07) is 0.938. The van der Waals surface area contributed by atoms with E-state index in [0.29, 0.717) is 24.4 Å². The average molecular weight is 238 g/mol. The lowest BCUT2D eigenvalue weighted by atomic mass is 9.86. The zero-order valence-electron chi connectivity index (χ0n) is 11.2. The van der Waals surface area contributed by atoms with E-state index in [4.69, 9.17) is 0 Å². The second-order valence-corrected chi connectivity index (χ2v) is 5.92. The summed E-state index contributed by atoms with van der Waals surface area (Å²) in [7, 11) is 2.00. The van der Waals surface area contributed by atoms with Crippen molar-refractivity contribution in [1.29, 1.82) is 0 Å². The molecule has 1 N–H and O–H groups in total. The summed E-state index contributed by atoms with van der Waals surface area (Å²) >= 11 is 0. The van der Waals surface area contributed by atoms with Gasteiger partial charge in [0.1, 0.15) is 0 Å². The molecule has 17 heavy (non-hydrogen) atoms. The van der Waals surface area contributed by atoms with Crippen molar-refractivity contribution in [2.75, 3.05) is 13.6 Å². The molecule has 0 aromatic carbocycles. The van der Waals surface area contributed by atoms with E-state index in [1.165, 1.54) is 38.5 Å². The van der Waals surface area contributed by atoms with Gasteiger partial charge in [0, 0.05) is 25.6 Å².